The zero-order valence-corrected chi connectivity index (χ0v) is 12.0. The van der Waals surface area contributed by atoms with Crippen molar-refractivity contribution in [1.29, 1.82) is 0 Å². The Hall–Kier alpha value is -0.830. The van der Waals surface area contributed by atoms with Crippen molar-refractivity contribution in [2.75, 3.05) is 6.61 Å². The van der Waals surface area contributed by atoms with E-state index in [1.165, 1.54) is 0 Å². The predicted octanol–water partition coefficient (Wildman–Crippen LogP) is 1.83. The summed E-state index contributed by atoms with van der Waals surface area (Å²) < 4.78 is 73.8. The van der Waals surface area contributed by atoms with Gasteiger partial charge in [0.05, 0.1) is 0 Å². The van der Waals surface area contributed by atoms with Gasteiger partial charge in [-0.3, -0.25) is 4.79 Å². The fourth-order valence-electron chi connectivity index (χ4n) is 3.32. The Bertz CT molecular complexity index is 507. The fraction of sp³-hybridized carbons (Fsp3) is 0.917. The first-order valence-corrected chi connectivity index (χ1v) is 8.15. The minimum atomic E-state index is -6.13. The summed E-state index contributed by atoms with van der Waals surface area (Å²) in [7, 11) is -6.13. The molecule has 0 N–H and O–H groups in total. The first kappa shape index (κ1) is 16.5. The van der Waals surface area contributed by atoms with E-state index in [4.69, 9.17) is 0 Å². The second-order valence-electron chi connectivity index (χ2n) is 5.81. The molecule has 21 heavy (non-hydrogen) atoms. The van der Waals surface area contributed by atoms with Crippen molar-refractivity contribution in [1.82, 2.24) is 0 Å². The maximum atomic E-state index is 13.1. The third kappa shape index (κ3) is 3.50. The molecule has 0 amide bonds. The monoisotopic (exact) mass is 329 g/mol. The third-order valence-corrected chi connectivity index (χ3v) is 5.32. The average Bonchev–Trinajstić information content (AvgIpc) is 2.96. The largest absolute Gasteiger partial charge is 0.743 e. The SMILES string of the molecule is O=C(CC1CC2CCC1C2)OCC(F)C(F)(F)S(=O)(=O)[O-]. The fourth-order valence-corrected chi connectivity index (χ4v) is 3.70. The molecule has 122 valence electrons. The molecule has 2 aliphatic carbocycles. The van der Waals surface area contributed by atoms with Crippen LogP contribution >= 0.6 is 0 Å². The van der Waals surface area contributed by atoms with Gasteiger partial charge in [0.2, 0.25) is 6.17 Å². The molecule has 0 aromatic heterocycles. The summed E-state index contributed by atoms with van der Waals surface area (Å²) in [5.41, 5.74) is 0. The summed E-state index contributed by atoms with van der Waals surface area (Å²) in [6.45, 7) is -1.44. The number of carbonyl (C=O) groups excluding carboxylic acids is 1. The zero-order valence-electron chi connectivity index (χ0n) is 11.1. The van der Waals surface area contributed by atoms with E-state index in [-0.39, 0.29) is 12.3 Å². The summed E-state index contributed by atoms with van der Waals surface area (Å²) in [5.74, 6) is 0.302. The maximum Gasteiger partial charge on any atom is 0.368 e. The first-order valence-electron chi connectivity index (χ1n) is 6.74. The zero-order chi connectivity index (χ0) is 15.8. The highest BCUT2D eigenvalue weighted by Crippen LogP contribution is 2.49. The second kappa shape index (κ2) is 5.75. The van der Waals surface area contributed by atoms with Crippen LogP contribution in [0, 0.1) is 17.8 Å². The van der Waals surface area contributed by atoms with E-state index < -0.39 is 34.1 Å². The Morgan fingerprint density at radius 1 is 1.33 bits per heavy atom. The molecule has 9 heteroatoms. The van der Waals surface area contributed by atoms with Crippen molar-refractivity contribution < 1.29 is 35.7 Å². The minimum absolute atomic E-state index is 0.0174. The van der Waals surface area contributed by atoms with Gasteiger partial charge >= 0.3 is 11.2 Å². The summed E-state index contributed by atoms with van der Waals surface area (Å²) in [6.07, 6.45) is 0.755. The van der Waals surface area contributed by atoms with E-state index in [0.29, 0.717) is 11.8 Å². The molecule has 2 aliphatic rings. The van der Waals surface area contributed by atoms with Gasteiger partial charge in [0.1, 0.15) is 6.61 Å². The highest BCUT2D eigenvalue weighted by molar-refractivity contribution is 7.86. The van der Waals surface area contributed by atoms with Crippen LogP contribution in [0.15, 0.2) is 0 Å². The number of rotatable bonds is 6. The van der Waals surface area contributed by atoms with Crippen molar-refractivity contribution >= 4 is 16.1 Å². The van der Waals surface area contributed by atoms with Crippen molar-refractivity contribution in [3.8, 4) is 0 Å². The summed E-state index contributed by atoms with van der Waals surface area (Å²) in [4.78, 5) is 11.5. The van der Waals surface area contributed by atoms with E-state index in [2.05, 4.69) is 4.74 Å². The number of hydrogen-bond acceptors (Lipinski definition) is 5. The number of fused-ring (bicyclic) bond motifs is 2. The molecule has 4 unspecified atom stereocenters. The lowest BCUT2D eigenvalue weighted by molar-refractivity contribution is -0.150. The molecule has 4 atom stereocenters. The molecule has 0 radical (unpaired) electrons. The Morgan fingerprint density at radius 3 is 2.48 bits per heavy atom. The molecule has 0 aromatic rings. The quantitative estimate of drug-likeness (QED) is 0.548. The number of esters is 1. The van der Waals surface area contributed by atoms with Crippen LogP contribution in [0.3, 0.4) is 0 Å². The molecule has 0 aliphatic heterocycles. The molecule has 0 spiro atoms. The standard InChI is InChI=1S/C12H17F3O5S/c13-10(12(14,15)21(17,18)19)6-20-11(16)5-9-4-7-1-2-8(9)3-7/h7-10H,1-6H2,(H,17,18,19)/p-1. The predicted molar refractivity (Wildman–Crippen MR) is 64.1 cm³/mol. The van der Waals surface area contributed by atoms with Crippen molar-refractivity contribution in [2.45, 2.75) is 43.5 Å². The van der Waals surface area contributed by atoms with Crippen LogP contribution in [0.1, 0.15) is 32.1 Å². The van der Waals surface area contributed by atoms with Gasteiger partial charge in [-0.05, 0) is 37.0 Å². The number of carbonyl (C=O) groups is 1. The molecule has 2 bridgehead atoms. The third-order valence-electron chi connectivity index (χ3n) is 4.40. The van der Waals surface area contributed by atoms with Crippen LogP contribution in [0.2, 0.25) is 0 Å². The van der Waals surface area contributed by atoms with Gasteiger partial charge in [-0.1, -0.05) is 6.42 Å². The number of hydrogen-bond donors (Lipinski definition) is 0. The van der Waals surface area contributed by atoms with E-state index in [1.807, 2.05) is 0 Å². The number of halogens is 3. The molecule has 2 saturated carbocycles. The lowest BCUT2D eigenvalue weighted by atomic mass is 9.86. The average molecular weight is 329 g/mol. The van der Waals surface area contributed by atoms with Crippen LogP contribution in [-0.4, -0.2) is 37.0 Å². The molecular formula is C12H16F3O5S-. The van der Waals surface area contributed by atoms with Gasteiger partial charge in [-0.15, -0.1) is 0 Å². The summed E-state index contributed by atoms with van der Waals surface area (Å²) in [5, 5.41) is -5.10. The summed E-state index contributed by atoms with van der Waals surface area (Å²) >= 11 is 0. The molecular weight excluding hydrogens is 313 g/mol. The topological polar surface area (TPSA) is 83.5 Å². The molecule has 2 rings (SSSR count). The van der Waals surface area contributed by atoms with Crippen LogP contribution in [-0.2, 0) is 19.6 Å². The Morgan fingerprint density at radius 2 is 2.00 bits per heavy atom. The first-order chi connectivity index (χ1) is 9.61. The molecule has 5 nitrogen and oxygen atoms in total. The van der Waals surface area contributed by atoms with Crippen molar-refractivity contribution in [3.05, 3.63) is 0 Å². The smallest absolute Gasteiger partial charge is 0.368 e. The van der Waals surface area contributed by atoms with Crippen molar-refractivity contribution in [2.24, 2.45) is 17.8 Å². The Labute approximate surface area is 120 Å². The van der Waals surface area contributed by atoms with Crippen LogP contribution in [0.4, 0.5) is 13.2 Å². The van der Waals surface area contributed by atoms with Crippen LogP contribution in [0.5, 0.6) is 0 Å². The molecule has 0 heterocycles. The number of alkyl halides is 3. The van der Waals surface area contributed by atoms with E-state index in [9.17, 15) is 30.9 Å². The van der Waals surface area contributed by atoms with Crippen LogP contribution in [0.25, 0.3) is 0 Å². The Kier molecular flexibility index (Phi) is 4.53. The maximum absolute atomic E-state index is 13.1. The molecule has 0 saturated heterocycles. The number of ether oxygens (including phenoxy) is 1. The van der Waals surface area contributed by atoms with Gasteiger partial charge < -0.3 is 9.29 Å². The van der Waals surface area contributed by atoms with Gasteiger partial charge in [-0.2, -0.15) is 8.78 Å². The van der Waals surface area contributed by atoms with E-state index in [1.54, 1.807) is 0 Å². The normalized spacial score (nSPS) is 30.4. The molecule has 2 fully saturated rings. The van der Waals surface area contributed by atoms with E-state index >= 15 is 0 Å². The van der Waals surface area contributed by atoms with Crippen LogP contribution < -0.4 is 0 Å². The van der Waals surface area contributed by atoms with Gasteiger partial charge in [-0.25, -0.2) is 12.8 Å². The van der Waals surface area contributed by atoms with E-state index in [0.717, 1.165) is 25.7 Å². The minimum Gasteiger partial charge on any atom is -0.743 e. The second-order valence-corrected chi connectivity index (χ2v) is 7.26. The Balaban J connectivity index is 1.79. The highest BCUT2D eigenvalue weighted by Gasteiger charge is 2.48. The van der Waals surface area contributed by atoms with Gasteiger partial charge in [0.15, 0.2) is 10.1 Å². The summed E-state index contributed by atoms with van der Waals surface area (Å²) in [6, 6.07) is 0. The van der Waals surface area contributed by atoms with Gasteiger partial charge in [0.25, 0.3) is 0 Å². The molecule has 0 aromatic carbocycles. The highest BCUT2D eigenvalue weighted by atomic mass is 32.2. The lowest BCUT2D eigenvalue weighted by Gasteiger charge is -2.24. The van der Waals surface area contributed by atoms with Crippen molar-refractivity contribution in [3.63, 3.8) is 0 Å². The lowest BCUT2D eigenvalue weighted by Crippen LogP contribution is -2.41. The van der Waals surface area contributed by atoms with Gasteiger partial charge in [0, 0.05) is 6.42 Å².